The zero-order chi connectivity index (χ0) is 17.0. The molecule has 0 saturated heterocycles. The molecule has 1 unspecified atom stereocenters. The lowest BCUT2D eigenvalue weighted by Crippen LogP contribution is -2.21. The summed E-state index contributed by atoms with van der Waals surface area (Å²) >= 11 is 0. The molecule has 0 aliphatic rings. The highest BCUT2D eigenvalue weighted by atomic mass is 32.2. The average Bonchev–Trinajstić information content (AvgIpc) is 2.50. The van der Waals surface area contributed by atoms with Gasteiger partial charge < -0.3 is 5.32 Å². The first-order chi connectivity index (χ1) is 10.8. The number of hydrogen-bond donors (Lipinski definition) is 1. The van der Waals surface area contributed by atoms with E-state index in [1.807, 2.05) is 37.3 Å². The fraction of sp³-hybridized carbons (Fsp3) is 0.235. The number of halogens is 1. The molecule has 2 aromatic rings. The molecular formula is C17H18FNO3S. The third kappa shape index (κ3) is 4.16. The Morgan fingerprint density at radius 3 is 2.39 bits per heavy atom. The minimum Gasteiger partial charge on any atom is -0.323 e. The van der Waals surface area contributed by atoms with Gasteiger partial charge in [-0.2, -0.15) is 0 Å². The second kappa shape index (κ2) is 6.91. The van der Waals surface area contributed by atoms with Crippen molar-refractivity contribution in [2.75, 3.05) is 11.6 Å². The van der Waals surface area contributed by atoms with Crippen LogP contribution in [0.5, 0.6) is 0 Å². The summed E-state index contributed by atoms with van der Waals surface area (Å²) < 4.78 is 37.0. The molecule has 122 valence electrons. The number of anilines is 1. The number of amides is 1. The molecular weight excluding hydrogens is 317 g/mol. The Morgan fingerprint density at radius 1 is 1.17 bits per heavy atom. The predicted molar refractivity (Wildman–Crippen MR) is 87.6 cm³/mol. The van der Waals surface area contributed by atoms with Crippen LogP contribution in [0, 0.1) is 5.82 Å². The van der Waals surface area contributed by atoms with Gasteiger partial charge >= 0.3 is 0 Å². The molecule has 0 radical (unpaired) electrons. The predicted octanol–water partition coefficient (Wildman–Crippen LogP) is 3.36. The summed E-state index contributed by atoms with van der Waals surface area (Å²) in [6, 6.07) is 12.5. The number of rotatable bonds is 5. The van der Waals surface area contributed by atoms with Crippen LogP contribution in [0.1, 0.15) is 24.8 Å². The van der Waals surface area contributed by atoms with Crippen LogP contribution in [-0.4, -0.2) is 20.6 Å². The number of carbonyl (C=O) groups is 1. The van der Waals surface area contributed by atoms with Crippen LogP contribution in [0.3, 0.4) is 0 Å². The van der Waals surface area contributed by atoms with Crippen molar-refractivity contribution in [3.63, 3.8) is 0 Å². The first-order valence-electron chi connectivity index (χ1n) is 7.18. The van der Waals surface area contributed by atoms with Gasteiger partial charge in [-0.05, 0) is 30.2 Å². The van der Waals surface area contributed by atoms with Crippen LogP contribution >= 0.6 is 0 Å². The van der Waals surface area contributed by atoms with E-state index in [-0.39, 0.29) is 16.5 Å². The molecule has 0 aromatic heterocycles. The largest absolute Gasteiger partial charge is 0.323 e. The molecule has 2 rings (SSSR count). The third-order valence-electron chi connectivity index (χ3n) is 3.55. The molecule has 0 aliphatic heterocycles. The number of sulfone groups is 1. The number of nitrogens with one attached hydrogen (secondary N) is 1. The molecule has 0 saturated carbocycles. The second-order valence-corrected chi connectivity index (χ2v) is 7.29. The van der Waals surface area contributed by atoms with Gasteiger partial charge in [0.1, 0.15) is 5.82 Å². The zero-order valence-corrected chi connectivity index (χ0v) is 13.7. The van der Waals surface area contributed by atoms with Crippen LogP contribution in [0.4, 0.5) is 10.1 Å². The first-order valence-corrected chi connectivity index (χ1v) is 9.07. The number of hydrogen-bond acceptors (Lipinski definition) is 3. The Kier molecular flexibility index (Phi) is 5.15. The van der Waals surface area contributed by atoms with Gasteiger partial charge in [0.05, 0.1) is 16.5 Å². The lowest BCUT2D eigenvalue weighted by molar-refractivity contribution is -0.117. The highest BCUT2D eigenvalue weighted by Gasteiger charge is 2.20. The van der Waals surface area contributed by atoms with Gasteiger partial charge in [0, 0.05) is 6.26 Å². The minimum absolute atomic E-state index is 0.0399. The van der Waals surface area contributed by atoms with Crippen molar-refractivity contribution in [1.82, 2.24) is 0 Å². The Labute approximate surface area is 135 Å². The van der Waals surface area contributed by atoms with Crippen LogP contribution in [0.2, 0.25) is 0 Å². The summed E-state index contributed by atoms with van der Waals surface area (Å²) in [7, 11) is -3.47. The van der Waals surface area contributed by atoms with Gasteiger partial charge in [-0.3, -0.25) is 4.79 Å². The molecule has 1 N–H and O–H groups in total. The van der Waals surface area contributed by atoms with E-state index in [0.29, 0.717) is 6.42 Å². The Balaban J connectivity index is 2.29. The molecule has 0 aliphatic carbocycles. The van der Waals surface area contributed by atoms with E-state index >= 15 is 0 Å². The second-order valence-electron chi connectivity index (χ2n) is 5.27. The van der Waals surface area contributed by atoms with Crippen LogP contribution < -0.4 is 5.32 Å². The van der Waals surface area contributed by atoms with Gasteiger partial charge in [-0.25, -0.2) is 12.8 Å². The lowest BCUT2D eigenvalue weighted by Gasteiger charge is -2.16. The smallest absolute Gasteiger partial charge is 0.231 e. The Morgan fingerprint density at radius 2 is 1.83 bits per heavy atom. The summed E-state index contributed by atoms with van der Waals surface area (Å²) in [6.45, 7) is 1.86. The maximum Gasteiger partial charge on any atom is 0.231 e. The average molecular weight is 335 g/mol. The molecule has 0 spiro atoms. The Hall–Kier alpha value is -2.21. The standard InChI is InChI=1S/C17H18FNO3S/c1-3-14(12-7-5-4-6-8-12)17(20)19-16-11-13(23(2,21)22)9-10-15(16)18/h4-11,14H,3H2,1-2H3,(H,19,20). The fourth-order valence-corrected chi connectivity index (χ4v) is 2.96. The normalized spacial score (nSPS) is 12.7. The van der Waals surface area contributed by atoms with Crippen molar-refractivity contribution >= 4 is 21.4 Å². The third-order valence-corrected chi connectivity index (χ3v) is 4.66. The van der Waals surface area contributed by atoms with E-state index in [4.69, 9.17) is 0 Å². The summed E-state index contributed by atoms with van der Waals surface area (Å²) in [5.74, 6) is -1.48. The summed E-state index contributed by atoms with van der Waals surface area (Å²) in [4.78, 5) is 12.4. The molecule has 2 aromatic carbocycles. The number of carbonyl (C=O) groups excluding carboxylic acids is 1. The van der Waals surface area contributed by atoms with E-state index in [2.05, 4.69) is 5.32 Å². The van der Waals surface area contributed by atoms with Crippen LogP contribution in [0.15, 0.2) is 53.4 Å². The fourth-order valence-electron chi connectivity index (χ4n) is 2.31. The summed E-state index contributed by atoms with van der Waals surface area (Å²) in [5, 5.41) is 2.49. The van der Waals surface area contributed by atoms with Crippen molar-refractivity contribution in [3.05, 3.63) is 59.9 Å². The number of benzene rings is 2. The van der Waals surface area contributed by atoms with Gasteiger partial charge in [0.2, 0.25) is 5.91 Å². The van der Waals surface area contributed by atoms with Crippen molar-refractivity contribution in [1.29, 1.82) is 0 Å². The molecule has 23 heavy (non-hydrogen) atoms. The van der Waals surface area contributed by atoms with Gasteiger partial charge in [-0.15, -0.1) is 0 Å². The summed E-state index contributed by atoms with van der Waals surface area (Å²) in [5.41, 5.74) is 0.694. The highest BCUT2D eigenvalue weighted by molar-refractivity contribution is 7.90. The van der Waals surface area contributed by atoms with Gasteiger partial charge in [-0.1, -0.05) is 37.3 Å². The molecule has 6 heteroatoms. The highest BCUT2D eigenvalue weighted by Crippen LogP contribution is 2.24. The Bertz CT molecular complexity index is 804. The maximum atomic E-state index is 13.9. The van der Waals surface area contributed by atoms with Crippen molar-refractivity contribution in [3.8, 4) is 0 Å². The van der Waals surface area contributed by atoms with E-state index in [1.165, 1.54) is 6.07 Å². The van der Waals surface area contributed by atoms with E-state index in [1.54, 1.807) is 0 Å². The van der Waals surface area contributed by atoms with Crippen LogP contribution in [-0.2, 0) is 14.6 Å². The van der Waals surface area contributed by atoms with Crippen molar-refractivity contribution < 1.29 is 17.6 Å². The van der Waals surface area contributed by atoms with Gasteiger partial charge in [0.15, 0.2) is 9.84 Å². The molecule has 1 amide bonds. The molecule has 0 fully saturated rings. The topological polar surface area (TPSA) is 63.2 Å². The SMILES string of the molecule is CCC(C(=O)Nc1cc(S(C)(=O)=O)ccc1F)c1ccccc1. The molecule has 0 bridgehead atoms. The van der Waals surface area contributed by atoms with Gasteiger partial charge in [0.25, 0.3) is 0 Å². The molecule has 0 heterocycles. The van der Waals surface area contributed by atoms with E-state index < -0.39 is 21.6 Å². The summed E-state index contributed by atoms with van der Waals surface area (Å²) in [6.07, 6.45) is 1.58. The van der Waals surface area contributed by atoms with E-state index in [9.17, 15) is 17.6 Å². The zero-order valence-electron chi connectivity index (χ0n) is 12.9. The van der Waals surface area contributed by atoms with E-state index in [0.717, 1.165) is 24.0 Å². The lowest BCUT2D eigenvalue weighted by atomic mass is 9.95. The van der Waals surface area contributed by atoms with Crippen molar-refractivity contribution in [2.45, 2.75) is 24.2 Å². The van der Waals surface area contributed by atoms with Crippen LogP contribution in [0.25, 0.3) is 0 Å². The minimum atomic E-state index is -3.47. The maximum absolute atomic E-state index is 13.9. The first kappa shape index (κ1) is 17.1. The molecule has 1 atom stereocenters. The molecule has 4 nitrogen and oxygen atoms in total. The quantitative estimate of drug-likeness (QED) is 0.852. The van der Waals surface area contributed by atoms with Crippen molar-refractivity contribution in [2.24, 2.45) is 0 Å². The monoisotopic (exact) mass is 335 g/mol.